The zero-order chi connectivity index (χ0) is 12.3. The van der Waals surface area contributed by atoms with Crippen molar-refractivity contribution in [2.45, 2.75) is 31.2 Å². The summed E-state index contributed by atoms with van der Waals surface area (Å²) in [6.07, 6.45) is 1.16. The van der Waals surface area contributed by atoms with Gasteiger partial charge in [0.2, 0.25) is 0 Å². The molecule has 0 bridgehead atoms. The van der Waals surface area contributed by atoms with E-state index < -0.39 is 0 Å². The fourth-order valence-corrected chi connectivity index (χ4v) is 4.19. The fourth-order valence-electron chi connectivity index (χ4n) is 2.03. The molecule has 0 aliphatic carbocycles. The quantitative estimate of drug-likeness (QED) is 0.842. The molecular weight excluding hydrogens is 254 g/mol. The highest BCUT2D eigenvalue weighted by Crippen LogP contribution is 2.30. The Labute approximate surface area is 113 Å². The Balaban J connectivity index is 1.83. The average Bonchev–Trinajstić information content (AvgIpc) is 2.33. The molecule has 1 N–H and O–H groups in total. The van der Waals surface area contributed by atoms with E-state index in [9.17, 15) is 0 Å². The SMILES string of the molecule is CN1CNC(CC(C)(C)N2COCSC2)SC1. The molecule has 0 aromatic rings. The van der Waals surface area contributed by atoms with Gasteiger partial charge in [0.1, 0.15) is 6.73 Å². The molecule has 2 aliphatic rings. The molecule has 17 heavy (non-hydrogen) atoms. The van der Waals surface area contributed by atoms with Gasteiger partial charge in [-0.1, -0.05) is 0 Å². The van der Waals surface area contributed by atoms with Crippen LogP contribution in [-0.2, 0) is 4.74 Å². The summed E-state index contributed by atoms with van der Waals surface area (Å²) in [6.45, 7) is 6.42. The van der Waals surface area contributed by atoms with Gasteiger partial charge in [-0.3, -0.25) is 15.1 Å². The van der Waals surface area contributed by atoms with Crippen LogP contribution < -0.4 is 5.32 Å². The van der Waals surface area contributed by atoms with Crippen LogP contribution in [0, 0.1) is 0 Å². The third-order valence-corrected chi connectivity index (χ3v) is 5.44. The van der Waals surface area contributed by atoms with Crippen molar-refractivity contribution in [2.24, 2.45) is 0 Å². The number of hydrogen-bond donors (Lipinski definition) is 1. The summed E-state index contributed by atoms with van der Waals surface area (Å²) >= 11 is 3.86. The van der Waals surface area contributed by atoms with Crippen LogP contribution in [0.1, 0.15) is 20.3 Å². The molecule has 1 unspecified atom stereocenters. The first-order chi connectivity index (χ1) is 8.08. The molecule has 0 spiro atoms. The molecule has 1 atom stereocenters. The Hall–Kier alpha value is 0.540. The Bertz CT molecular complexity index is 239. The van der Waals surface area contributed by atoms with Gasteiger partial charge in [0.25, 0.3) is 0 Å². The minimum Gasteiger partial charge on any atom is -0.355 e. The molecule has 4 nitrogen and oxygen atoms in total. The molecule has 6 heteroatoms. The Kier molecular flexibility index (Phi) is 5.03. The van der Waals surface area contributed by atoms with E-state index in [1.807, 2.05) is 23.5 Å². The predicted molar refractivity (Wildman–Crippen MR) is 75.8 cm³/mol. The Morgan fingerprint density at radius 2 is 2.24 bits per heavy atom. The fraction of sp³-hybridized carbons (Fsp3) is 1.00. The number of hydrogen-bond acceptors (Lipinski definition) is 6. The summed E-state index contributed by atoms with van der Waals surface area (Å²) < 4.78 is 5.53. The van der Waals surface area contributed by atoms with E-state index in [2.05, 4.69) is 36.0 Å². The van der Waals surface area contributed by atoms with Crippen LogP contribution in [0.4, 0.5) is 0 Å². The van der Waals surface area contributed by atoms with Crippen molar-refractivity contribution in [3.8, 4) is 0 Å². The molecule has 2 saturated heterocycles. The Morgan fingerprint density at radius 3 is 2.82 bits per heavy atom. The molecule has 0 aromatic heterocycles. The number of nitrogens with one attached hydrogen (secondary N) is 1. The Morgan fingerprint density at radius 1 is 1.41 bits per heavy atom. The zero-order valence-electron chi connectivity index (χ0n) is 10.9. The summed E-state index contributed by atoms with van der Waals surface area (Å²) in [6, 6.07) is 0. The van der Waals surface area contributed by atoms with Crippen molar-refractivity contribution >= 4 is 23.5 Å². The van der Waals surface area contributed by atoms with Crippen LogP contribution >= 0.6 is 23.5 Å². The van der Waals surface area contributed by atoms with Gasteiger partial charge in [-0.15, -0.1) is 23.5 Å². The molecule has 2 heterocycles. The standard InChI is InChI=1S/C11H23N3OS2/c1-11(2,14-6-15-9-16-8-14)4-10-12-5-13(3)7-17-10/h10,12H,4-9H2,1-3H3. The van der Waals surface area contributed by atoms with E-state index in [1.165, 1.54) is 0 Å². The second-order valence-electron chi connectivity index (χ2n) is 5.34. The molecule has 2 aliphatic heterocycles. The van der Waals surface area contributed by atoms with Crippen LogP contribution in [0.25, 0.3) is 0 Å². The van der Waals surface area contributed by atoms with Crippen LogP contribution in [-0.4, -0.2) is 58.9 Å². The molecule has 0 aromatic carbocycles. The van der Waals surface area contributed by atoms with Gasteiger partial charge in [0, 0.05) is 24.0 Å². The van der Waals surface area contributed by atoms with Crippen LogP contribution in [0.2, 0.25) is 0 Å². The van der Waals surface area contributed by atoms with Gasteiger partial charge in [-0.2, -0.15) is 0 Å². The van der Waals surface area contributed by atoms with Gasteiger partial charge >= 0.3 is 0 Å². The first-order valence-electron chi connectivity index (χ1n) is 6.02. The lowest BCUT2D eigenvalue weighted by Gasteiger charge is -2.43. The molecule has 2 rings (SSSR count). The highest BCUT2D eigenvalue weighted by atomic mass is 32.2. The van der Waals surface area contributed by atoms with Crippen molar-refractivity contribution in [3.05, 3.63) is 0 Å². The van der Waals surface area contributed by atoms with Crippen molar-refractivity contribution in [1.29, 1.82) is 0 Å². The topological polar surface area (TPSA) is 27.7 Å². The normalized spacial score (nSPS) is 29.5. The lowest BCUT2D eigenvalue weighted by Crippen LogP contribution is -2.52. The lowest BCUT2D eigenvalue weighted by atomic mass is 9.99. The second kappa shape index (κ2) is 6.12. The molecular formula is C11H23N3OS2. The van der Waals surface area contributed by atoms with Crippen LogP contribution in [0.5, 0.6) is 0 Å². The first-order valence-corrected chi connectivity index (χ1v) is 8.22. The van der Waals surface area contributed by atoms with Gasteiger partial charge < -0.3 is 4.74 Å². The van der Waals surface area contributed by atoms with E-state index in [4.69, 9.17) is 4.74 Å². The van der Waals surface area contributed by atoms with Crippen molar-refractivity contribution in [2.75, 3.05) is 38.1 Å². The summed E-state index contributed by atoms with van der Waals surface area (Å²) in [5.41, 5.74) is 0.202. The third kappa shape index (κ3) is 4.01. The molecule has 100 valence electrons. The van der Waals surface area contributed by atoms with Crippen molar-refractivity contribution < 1.29 is 4.74 Å². The van der Waals surface area contributed by atoms with Gasteiger partial charge in [-0.05, 0) is 27.3 Å². The summed E-state index contributed by atoms with van der Waals surface area (Å²) in [5.74, 6) is 3.05. The zero-order valence-corrected chi connectivity index (χ0v) is 12.6. The smallest absolute Gasteiger partial charge is 0.101 e. The van der Waals surface area contributed by atoms with Gasteiger partial charge in [0.15, 0.2) is 0 Å². The molecule has 0 saturated carbocycles. The molecule has 0 radical (unpaired) electrons. The largest absolute Gasteiger partial charge is 0.355 e. The monoisotopic (exact) mass is 277 g/mol. The van der Waals surface area contributed by atoms with Crippen molar-refractivity contribution in [3.63, 3.8) is 0 Å². The average molecular weight is 277 g/mol. The minimum atomic E-state index is 0.202. The summed E-state index contributed by atoms with van der Waals surface area (Å²) in [5, 5.41) is 4.14. The number of rotatable bonds is 3. The minimum absolute atomic E-state index is 0.202. The maximum atomic E-state index is 5.53. The number of nitrogens with zero attached hydrogens (tertiary/aromatic N) is 2. The molecule has 2 fully saturated rings. The maximum Gasteiger partial charge on any atom is 0.101 e. The summed E-state index contributed by atoms with van der Waals surface area (Å²) in [7, 11) is 2.15. The van der Waals surface area contributed by atoms with Gasteiger partial charge in [0.05, 0.1) is 11.3 Å². The predicted octanol–water partition coefficient (Wildman–Crippen LogP) is 1.60. The van der Waals surface area contributed by atoms with Crippen molar-refractivity contribution in [1.82, 2.24) is 15.1 Å². The number of thioether (sulfide) groups is 2. The lowest BCUT2D eigenvalue weighted by molar-refractivity contribution is -0.00826. The second-order valence-corrected chi connectivity index (χ2v) is 7.41. The van der Waals surface area contributed by atoms with Gasteiger partial charge in [-0.25, -0.2) is 0 Å². The van der Waals surface area contributed by atoms with E-state index in [0.29, 0.717) is 5.37 Å². The van der Waals surface area contributed by atoms with E-state index >= 15 is 0 Å². The first kappa shape index (κ1) is 14.0. The van der Waals surface area contributed by atoms with E-state index in [1.54, 1.807) is 0 Å². The van der Waals surface area contributed by atoms with E-state index in [-0.39, 0.29) is 5.54 Å². The van der Waals surface area contributed by atoms with Crippen LogP contribution in [0.3, 0.4) is 0 Å². The number of ether oxygens (including phenoxy) is 1. The summed E-state index contributed by atoms with van der Waals surface area (Å²) in [4.78, 5) is 4.73. The third-order valence-electron chi connectivity index (χ3n) is 3.29. The highest BCUT2D eigenvalue weighted by molar-refractivity contribution is 7.99. The molecule has 0 amide bonds. The van der Waals surface area contributed by atoms with E-state index in [0.717, 1.165) is 37.5 Å². The van der Waals surface area contributed by atoms with Crippen LogP contribution in [0.15, 0.2) is 0 Å². The highest BCUT2D eigenvalue weighted by Gasteiger charge is 2.32. The maximum absolute atomic E-state index is 5.53.